The molecule has 0 unspecified atom stereocenters. The van der Waals surface area contributed by atoms with E-state index >= 15 is 0 Å². The minimum atomic E-state index is -0.790. The van der Waals surface area contributed by atoms with Crippen LogP contribution in [0.15, 0.2) is 4.99 Å². The molecule has 128 valence electrons. The van der Waals surface area contributed by atoms with Gasteiger partial charge in [0.2, 0.25) is 11.8 Å². The van der Waals surface area contributed by atoms with E-state index in [1.165, 1.54) is 0 Å². The second kappa shape index (κ2) is 7.25. The molecule has 0 aromatic heterocycles. The van der Waals surface area contributed by atoms with Crippen LogP contribution in [0.5, 0.6) is 0 Å². The van der Waals surface area contributed by atoms with E-state index < -0.39 is 11.1 Å². The van der Waals surface area contributed by atoms with Crippen LogP contribution >= 0.6 is 0 Å². The van der Waals surface area contributed by atoms with Crippen molar-refractivity contribution in [2.45, 2.75) is 44.7 Å². The summed E-state index contributed by atoms with van der Waals surface area (Å²) in [6, 6.07) is -0.896. The summed E-state index contributed by atoms with van der Waals surface area (Å²) in [4.78, 5) is 40.2. The Hall–Kier alpha value is -2.39. The van der Waals surface area contributed by atoms with E-state index in [-0.39, 0.29) is 30.4 Å². The molecule has 2 aliphatic heterocycles. The summed E-state index contributed by atoms with van der Waals surface area (Å²) >= 11 is 0. The van der Waals surface area contributed by atoms with Crippen molar-refractivity contribution in [3.63, 3.8) is 0 Å². The first-order valence-corrected chi connectivity index (χ1v) is 7.70. The van der Waals surface area contributed by atoms with Gasteiger partial charge in [0.1, 0.15) is 12.1 Å². The molecule has 10 heteroatoms. The molecule has 2 amide bonds. The highest BCUT2D eigenvalue weighted by molar-refractivity contribution is 5.97. The van der Waals surface area contributed by atoms with E-state index in [4.69, 9.17) is 5.73 Å². The third kappa shape index (κ3) is 4.30. The number of nitro groups is 1. The second-order valence-electron chi connectivity index (χ2n) is 6.02. The predicted molar refractivity (Wildman–Crippen MR) is 81.7 cm³/mol. The molecule has 2 heterocycles. The normalized spacial score (nSPS) is 28.1. The molecule has 0 radical (unpaired) electrons. The van der Waals surface area contributed by atoms with Crippen LogP contribution in [0.4, 0.5) is 0 Å². The van der Waals surface area contributed by atoms with E-state index in [1.807, 2.05) is 0 Å². The molecular weight excluding hydrogens is 304 g/mol. The predicted octanol–water partition coefficient (Wildman–Crippen LogP) is -1.01. The molecule has 2 aliphatic rings. The van der Waals surface area contributed by atoms with Gasteiger partial charge >= 0.3 is 0 Å². The Morgan fingerprint density at radius 1 is 1.57 bits per heavy atom. The van der Waals surface area contributed by atoms with Gasteiger partial charge in [-0.25, -0.2) is 15.1 Å². The van der Waals surface area contributed by atoms with Gasteiger partial charge in [0.25, 0.3) is 5.96 Å². The molecule has 0 aromatic rings. The average molecular weight is 326 g/mol. The molecule has 0 aliphatic carbocycles. The first kappa shape index (κ1) is 17.0. The largest absolute Gasteiger partial charge is 0.365 e. The maximum absolute atomic E-state index is 12.4. The van der Waals surface area contributed by atoms with Gasteiger partial charge in [0.05, 0.1) is 0 Å². The van der Waals surface area contributed by atoms with Gasteiger partial charge in [0, 0.05) is 13.1 Å². The fourth-order valence-electron chi connectivity index (χ4n) is 3.00. The van der Waals surface area contributed by atoms with Crippen LogP contribution in [0.1, 0.15) is 32.6 Å². The smallest absolute Gasteiger partial charge is 0.251 e. The summed E-state index contributed by atoms with van der Waals surface area (Å²) < 4.78 is 0. The number of piperazine rings is 1. The lowest BCUT2D eigenvalue weighted by Crippen LogP contribution is -2.65. The van der Waals surface area contributed by atoms with Gasteiger partial charge < -0.3 is 16.0 Å². The molecule has 2 fully saturated rings. The van der Waals surface area contributed by atoms with Gasteiger partial charge in [0.15, 0.2) is 5.03 Å². The number of carbonyl (C=O) groups excluding carboxylic acids is 2. The van der Waals surface area contributed by atoms with Gasteiger partial charge in [-0.3, -0.25) is 9.59 Å². The first-order chi connectivity index (χ1) is 10.9. The topological polar surface area (TPSA) is 143 Å². The number of amides is 2. The Labute approximate surface area is 133 Å². The van der Waals surface area contributed by atoms with Crippen molar-refractivity contribution in [1.82, 2.24) is 15.6 Å². The van der Waals surface area contributed by atoms with Gasteiger partial charge in [-0.1, -0.05) is 12.3 Å². The van der Waals surface area contributed by atoms with E-state index in [9.17, 15) is 19.7 Å². The maximum atomic E-state index is 12.4. The molecule has 4 N–H and O–H groups in total. The summed E-state index contributed by atoms with van der Waals surface area (Å²) in [5, 5.41) is 12.1. The van der Waals surface area contributed by atoms with Gasteiger partial charge in [-0.05, 0) is 31.6 Å². The summed E-state index contributed by atoms with van der Waals surface area (Å²) in [7, 11) is 0. The summed E-state index contributed by atoms with van der Waals surface area (Å²) in [5.74, 6) is 0.0119. The number of hydrogen-bond donors (Lipinski definition) is 3. The molecule has 2 saturated heterocycles. The Morgan fingerprint density at radius 2 is 2.30 bits per heavy atom. The lowest BCUT2D eigenvalue weighted by Gasteiger charge is -2.43. The van der Waals surface area contributed by atoms with Crippen LogP contribution in [0.2, 0.25) is 0 Å². The number of nitrogens with zero attached hydrogens (tertiary/aromatic N) is 3. The highest BCUT2D eigenvalue weighted by atomic mass is 16.7. The zero-order chi connectivity index (χ0) is 17.0. The van der Waals surface area contributed by atoms with E-state index in [2.05, 4.69) is 17.2 Å². The molecule has 23 heavy (non-hydrogen) atoms. The molecule has 2 rings (SSSR count). The van der Waals surface area contributed by atoms with Crippen molar-refractivity contribution in [2.75, 3.05) is 13.1 Å². The molecule has 0 saturated carbocycles. The van der Waals surface area contributed by atoms with Crippen molar-refractivity contribution < 1.29 is 14.6 Å². The third-order valence-corrected chi connectivity index (χ3v) is 4.20. The molecule has 0 bridgehead atoms. The van der Waals surface area contributed by atoms with Crippen LogP contribution < -0.4 is 16.5 Å². The molecule has 0 aromatic carbocycles. The SMILES string of the molecule is C[C@@H]1CCN2C(=O)[C@H](CCCN=C(N)N[N+](=O)[O-])NC(=O)[C@H]2C1. The average Bonchev–Trinajstić information content (AvgIpc) is 2.47. The molecule has 0 spiro atoms. The van der Waals surface area contributed by atoms with Crippen molar-refractivity contribution in [2.24, 2.45) is 16.6 Å². The third-order valence-electron chi connectivity index (χ3n) is 4.20. The van der Waals surface area contributed by atoms with Crippen LogP contribution in [0.3, 0.4) is 0 Å². The number of nitrogens with one attached hydrogen (secondary N) is 2. The molecule has 10 nitrogen and oxygen atoms in total. The number of fused-ring (bicyclic) bond motifs is 1. The monoisotopic (exact) mass is 326 g/mol. The maximum Gasteiger partial charge on any atom is 0.251 e. The van der Waals surface area contributed by atoms with Gasteiger partial charge in [-0.15, -0.1) is 0 Å². The molecule has 3 atom stereocenters. The van der Waals surface area contributed by atoms with E-state index in [1.54, 1.807) is 10.3 Å². The van der Waals surface area contributed by atoms with Crippen molar-refractivity contribution in [3.8, 4) is 0 Å². The van der Waals surface area contributed by atoms with Crippen LogP contribution in [-0.4, -0.2) is 52.9 Å². The summed E-state index contributed by atoms with van der Waals surface area (Å²) in [5.41, 5.74) is 7.04. The van der Waals surface area contributed by atoms with Crippen LogP contribution in [-0.2, 0) is 9.59 Å². The van der Waals surface area contributed by atoms with Crippen molar-refractivity contribution in [3.05, 3.63) is 10.1 Å². The zero-order valence-corrected chi connectivity index (χ0v) is 13.0. The number of rotatable bonds is 5. The standard InChI is InChI=1S/C13H22N6O4/c1-8-4-6-18-10(7-8)11(20)16-9(12(18)21)3-2-5-15-13(14)17-19(22)23/h8-10H,2-7H2,1H3,(H,16,20)(H3,14,15,17)/t8-,9+,10-/m1/s1. The number of guanidine groups is 1. The highest BCUT2D eigenvalue weighted by Gasteiger charge is 2.42. The number of carbonyl (C=O) groups is 2. The van der Waals surface area contributed by atoms with Crippen molar-refractivity contribution >= 4 is 17.8 Å². The highest BCUT2D eigenvalue weighted by Crippen LogP contribution is 2.26. The number of nitrogens with two attached hydrogens (primary N) is 1. The Morgan fingerprint density at radius 3 is 3.00 bits per heavy atom. The first-order valence-electron chi connectivity index (χ1n) is 7.70. The number of piperidine rings is 1. The minimum absolute atomic E-state index is 0.0538. The fourth-order valence-corrected chi connectivity index (χ4v) is 3.00. The van der Waals surface area contributed by atoms with E-state index in [0.29, 0.717) is 31.7 Å². The van der Waals surface area contributed by atoms with Crippen molar-refractivity contribution in [1.29, 1.82) is 0 Å². The molecular formula is C13H22N6O4. The number of hydrazine groups is 1. The summed E-state index contributed by atoms with van der Waals surface area (Å²) in [6.07, 6.45) is 2.54. The van der Waals surface area contributed by atoms with Crippen LogP contribution in [0.25, 0.3) is 0 Å². The Bertz CT molecular complexity index is 523. The lowest BCUT2D eigenvalue weighted by molar-refractivity contribution is -0.525. The number of hydrogen-bond acceptors (Lipinski definition) is 5. The Kier molecular flexibility index (Phi) is 5.35. The van der Waals surface area contributed by atoms with Crippen LogP contribution in [0, 0.1) is 16.0 Å². The second-order valence-corrected chi connectivity index (χ2v) is 6.02. The fraction of sp³-hybridized carbons (Fsp3) is 0.769. The summed E-state index contributed by atoms with van der Waals surface area (Å²) in [6.45, 7) is 2.95. The Balaban J connectivity index is 1.83. The van der Waals surface area contributed by atoms with Gasteiger partial charge in [-0.2, -0.15) is 0 Å². The quantitative estimate of drug-likeness (QED) is 0.194. The number of aliphatic imine (C=N–C) groups is 1. The lowest BCUT2D eigenvalue weighted by atomic mass is 9.89. The minimum Gasteiger partial charge on any atom is -0.365 e. The zero-order valence-electron chi connectivity index (χ0n) is 13.0. The van der Waals surface area contributed by atoms with E-state index in [0.717, 1.165) is 6.42 Å².